The number of aliphatic carboxylic acids is 1. The third-order valence-corrected chi connectivity index (χ3v) is 3.11. The van der Waals surface area contributed by atoms with Gasteiger partial charge in [0.25, 0.3) is 0 Å². The lowest BCUT2D eigenvalue weighted by atomic mass is 10.2. The van der Waals surface area contributed by atoms with Gasteiger partial charge in [-0.1, -0.05) is 79.8 Å². The van der Waals surface area contributed by atoms with Gasteiger partial charge in [-0.2, -0.15) is 0 Å². The lowest BCUT2D eigenvalue weighted by Crippen LogP contribution is -2.21. The van der Waals surface area contributed by atoms with E-state index < -0.39 is 5.97 Å². The highest BCUT2D eigenvalue weighted by molar-refractivity contribution is 5.64. The Hall–Kier alpha value is -2.09. The first-order valence-corrected chi connectivity index (χ1v) is 8.87. The Balaban J connectivity index is 3.51. The molecule has 24 heavy (non-hydrogen) atoms. The largest absolute Gasteiger partial charge is 0.550 e. The summed E-state index contributed by atoms with van der Waals surface area (Å²) in [6, 6.07) is 0. The first-order valence-electron chi connectivity index (χ1n) is 8.87. The molecule has 0 bridgehead atoms. The molecule has 0 aliphatic carbocycles. The number of carboxylic acids is 1. The summed E-state index contributed by atoms with van der Waals surface area (Å²) in [5.74, 6) is -0.991. The van der Waals surface area contributed by atoms with Crippen molar-refractivity contribution in [3.8, 4) is 0 Å². The SMILES string of the molecule is CC/C=C\C/C=C\C/C=C\C/C=C\C/C=C\C/C=C\CCC(=O)[O-]. The summed E-state index contributed by atoms with van der Waals surface area (Å²) >= 11 is 0. The van der Waals surface area contributed by atoms with E-state index in [0.717, 1.165) is 38.5 Å². The summed E-state index contributed by atoms with van der Waals surface area (Å²) in [6.07, 6.45) is 32.1. The Morgan fingerprint density at radius 2 is 0.958 bits per heavy atom. The normalized spacial score (nSPS) is 13.0. The van der Waals surface area contributed by atoms with E-state index in [9.17, 15) is 9.90 Å². The lowest BCUT2D eigenvalue weighted by molar-refractivity contribution is -0.305. The molecular formula is C22H31O2-. The van der Waals surface area contributed by atoms with Gasteiger partial charge < -0.3 is 9.90 Å². The number of hydrogen-bond donors (Lipinski definition) is 0. The minimum absolute atomic E-state index is 0.0994. The van der Waals surface area contributed by atoms with Crippen molar-refractivity contribution in [2.24, 2.45) is 0 Å². The van der Waals surface area contributed by atoms with E-state index in [0.29, 0.717) is 6.42 Å². The second-order valence-corrected chi connectivity index (χ2v) is 5.33. The van der Waals surface area contributed by atoms with Crippen LogP contribution in [0.5, 0.6) is 0 Å². The highest BCUT2D eigenvalue weighted by Crippen LogP contribution is 1.97. The molecule has 0 aliphatic rings. The Bertz CT molecular complexity index is 462. The number of rotatable bonds is 14. The van der Waals surface area contributed by atoms with Gasteiger partial charge in [-0.05, 0) is 51.4 Å². The highest BCUT2D eigenvalue weighted by atomic mass is 16.4. The van der Waals surface area contributed by atoms with Gasteiger partial charge in [0.15, 0.2) is 0 Å². The van der Waals surface area contributed by atoms with Gasteiger partial charge in [0.1, 0.15) is 0 Å². The minimum Gasteiger partial charge on any atom is -0.550 e. The van der Waals surface area contributed by atoms with Crippen LogP contribution in [0.2, 0.25) is 0 Å². The Labute approximate surface area is 147 Å². The monoisotopic (exact) mass is 327 g/mol. The van der Waals surface area contributed by atoms with Crippen LogP contribution in [0.25, 0.3) is 0 Å². The van der Waals surface area contributed by atoms with Gasteiger partial charge in [-0.15, -0.1) is 0 Å². The average Bonchev–Trinajstić information content (AvgIpc) is 2.56. The van der Waals surface area contributed by atoms with Crippen LogP contribution < -0.4 is 5.11 Å². The van der Waals surface area contributed by atoms with Crippen molar-refractivity contribution in [1.82, 2.24) is 0 Å². The van der Waals surface area contributed by atoms with Crippen molar-refractivity contribution in [3.63, 3.8) is 0 Å². The molecule has 0 saturated carbocycles. The molecule has 0 saturated heterocycles. The molecule has 0 aromatic carbocycles. The van der Waals surface area contributed by atoms with Crippen LogP contribution in [0, 0.1) is 0 Å². The van der Waals surface area contributed by atoms with Crippen LogP contribution in [0.15, 0.2) is 72.9 Å². The Morgan fingerprint density at radius 1 is 0.625 bits per heavy atom. The molecule has 0 rings (SSSR count). The lowest BCUT2D eigenvalue weighted by Gasteiger charge is -1.95. The van der Waals surface area contributed by atoms with Gasteiger partial charge in [0, 0.05) is 5.97 Å². The molecule has 0 aliphatic heterocycles. The number of allylic oxidation sites excluding steroid dienone is 12. The van der Waals surface area contributed by atoms with E-state index in [1.165, 1.54) is 0 Å². The quantitative estimate of drug-likeness (QED) is 0.411. The van der Waals surface area contributed by atoms with Gasteiger partial charge in [-0.3, -0.25) is 0 Å². The minimum atomic E-state index is -0.991. The molecule has 0 amide bonds. The standard InChI is InChI=1S/C22H32O2/c1-2-3-4-5-6-7-8-9-10-11-12-13-14-15-16-17-18-19-20-21-22(23)24/h3-4,6-7,9-10,12-13,15-16,18-19H,2,5,8,11,14,17,20-21H2,1H3,(H,23,24)/p-1/b4-3-,7-6-,10-9-,13-12-,16-15-,19-18-. The number of hydrogen-bond acceptors (Lipinski definition) is 2. The molecule has 0 unspecified atom stereocenters. The Kier molecular flexibility index (Phi) is 17.3. The third-order valence-electron chi connectivity index (χ3n) is 3.11. The topological polar surface area (TPSA) is 40.1 Å². The fourth-order valence-electron chi connectivity index (χ4n) is 1.84. The molecule has 0 spiro atoms. The van der Waals surface area contributed by atoms with Crippen LogP contribution in [-0.4, -0.2) is 5.97 Å². The van der Waals surface area contributed by atoms with E-state index in [-0.39, 0.29) is 6.42 Å². The van der Waals surface area contributed by atoms with E-state index >= 15 is 0 Å². The molecule has 132 valence electrons. The smallest absolute Gasteiger partial charge is 0.0417 e. The van der Waals surface area contributed by atoms with Crippen molar-refractivity contribution >= 4 is 5.97 Å². The summed E-state index contributed by atoms with van der Waals surface area (Å²) in [5.41, 5.74) is 0. The maximum absolute atomic E-state index is 10.2. The van der Waals surface area contributed by atoms with Crippen LogP contribution in [0.1, 0.15) is 58.3 Å². The van der Waals surface area contributed by atoms with Crippen molar-refractivity contribution in [2.45, 2.75) is 58.3 Å². The molecule has 0 radical (unpaired) electrons. The average molecular weight is 327 g/mol. The number of carbonyl (C=O) groups excluding carboxylic acids is 1. The number of carboxylic acid groups (broad SMARTS) is 1. The zero-order valence-corrected chi connectivity index (χ0v) is 14.9. The zero-order valence-electron chi connectivity index (χ0n) is 14.9. The molecular weight excluding hydrogens is 296 g/mol. The maximum atomic E-state index is 10.2. The van der Waals surface area contributed by atoms with Gasteiger partial charge in [-0.25, -0.2) is 0 Å². The molecule has 2 nitrogen and oxygen atoms in total. The molecule has 0 aromatic rings. The van der Waals surface area contributed by atoms with Crippen LogP contribution in [-0.2, 0) is 4.79 Å². The predicted octanol–water partition coefficient (Wildman–Crippen LogP) is 5.21. The van der Waals surface area contributed by atoms with Crippen LogP contribution in [0.4, 0.5) is 0 Å². The summed E-state index contributed by atoms with van der Waals surface area (Å²) in [4.78, 5) is 10.2. The molecule has 0 N–H and O–H groups in total. The van der Waals surface area contributed by atoms with Crippen LogP contribution >= 0.6 is 0 Å². The predicted molar refractivity (Wildman–Crippen MR) is 102 cm³/mol. The fraction of sp³-hybridized carbons (Fsp3) is 0.409. The summed E-state index contributed by atoms with van der Waals surface area (Å²) in [5, 5.41) is 10.2. The van der Waals surface area contributed by atoms with E-state index in [1.807, 2.05) is 12.2 Å². The first kappa shape index (κ1) is 21.9. The number of carbonyl (C=O) groups is 1. The summed E-state index contributed by atoms with van der Waals surface area (Å²) < 4.78 is 0. The summed E-state index contributed by atoms with van der Waals surface area (Å²) in [6.45, 7) is 2.15. The fourth-order valence-corrected chi connectivity index (χ4v) is 1.84. The van der Waals surface area contributed by atoms with Gasteiger partial charge in [0.2, 0.25) is 0 Å². The van der Waals surface area contributed by atoms with Gasteiger partial charge in [0.05, 0.1) is 0 Å². The second-order valence-electron chi connectivity index (χ2n) is 5.33. The van der Waals surface area contributed by atoms with E-state index in [2.05, 4.69) is 67.7 Å². The molecule has 0 heterocycles. The maximum Gasteiger partial charge on any atom is 0.0417 e. The van der Waals surface area contributed by atoms with E-state index in [1.54, 1.807) is 0 Å². The van der Waals surface area contributed by atoms with Crippen molar-refractivity contribution < 1.29 is 9.90 Å². The zero-order chi connectivity index (χ0) is 17.7. The first-order chi connectivity index (χ1) is 11.8. The second kappa shape index (κ2) is 19.0. The molecule has 2 heteroatoms. The van der Waals surface area contributed by atoms with Crippen LogP contribution in [0.3, 0.4) is 0 Å². The molecule has 0 fully saturated rings. The molecule has 0 aromatic heterocycles. The van der Waals surface area contributed by atoms with Crippen molar-refractivity contribution in [3.05, 3.63) is 72.9 Å². The Morgan fingerprint density at radius 3 is 1.29 bits per heavy atom. The molecule has 0 atom stereocenters. The van der Waals surface area contributed by atoms with Gasteiger partial charge >= 0.3 is 0 Å². The third kappa shape index (κ3) is 19.9. The van der Waals surface area contributed by atoms with Crippen molar-refractivity contribution in [2.75, 3.05) is 0 Å². The van der Waals surface area contributed by atoms with E-state index in [4.69, 9.17) is 0 Å². The summed E-state index contributed by atoms with van der Waals surface area (Å²) in [7, 11) is 0. The van der Waals surface area contributed by atoms with Crippen molar-refractivity contribution in [1.29, 1.82) is 0 Å². The highest BCUT2D eigenvalue weighted by Gasteiger charge is 1.81.